The highest BCUT2D eigenvalue weighted by Crippen LogP contribution is 2.36. The van der Waals surface area contributed by atoms with Crippen LogP contribution in [0.5, 0.6) is 0 Å². The van der Waals surface area contributed by atoms with Gasteiger partial charge in [0.15, 0.2) is 5.96 Å². The van der Waals surface area contributed by atoms with Gasteiger partial charge in [-0.15, -0.1) is 0 Å². The third-order valence-corrected chi connectivity index (χ3v) is 6.89. The Hall–Kier alpha value is -3.28. The molecule has 0 aliphatic carbocycles. The Morgan fingerprint density at radius 2 is 1.45 bits per heavy atom. The molecule has 1 amide bonds. The highest BCUT2D eigenvalue weighted by molar-refractivity contribution is 5.83. The summed E-state index contributed by atoms with van der Waals surface area (Å²) in [6, 6.07) is 10.3. The maximum atomic E-state index is 13.8. The first kappa shape index (κ1) is 33.2. The van der Waals surface area contributed by atoms with Crippen LogP contribution in [0.15, 0.2) is 53.5 Å². The summed E-state index contributed by atoms with van der Waals surface area (Å²) in [5.41, 5.74) is -2.11. The van der Waals surface area contributed by atoms with Crippen LogP contribution < -0.4 is 5.32 Å². The Morgan fingerprint density at radius 1 is 0.905 bits per heavy atom. The van der Waals surface area contributed by atoms with Crippen LogP contribution in [-0.2, 0) is 23.6 Å². The topological polar surface area (TPSA) is 51.2 Å². The van der Waals surface area contributed by atoms with Gasteiger partial charge in [0.05, 0.1) is 11.1 Å². The van der Waals surface area contributed by atoms with E-state index in [4.69, 9.17) is 4.99 Å². The molecule has 42 heavy (non-hydrogen) atoms. The predicted molar refractivity (Wildman–Crippen MR) is 151 cm³/mol. The molecule has 1 N–H and O–H groups in total. The highest BCUT2D eigenvalue weighted by atomic mass is 19.4. The fourth-order valence-corrected chi connectivity index (χ4v) is 4.83. The molecule has 12 heteroatoms. The normalized spacial score (nSPS) is 16.2. The third-order valence-electron chi connectivity index (χ3n) is 6.89. The van der Waals surface area contributed by atoms with E-state index in [0.29, 0.717) is 38.3 Å². The molecule has 6 nitrogen and oxygen atoms in total. The molecule has 0 bridgehead atoms. The molecule has 1 unspecified atom stereocenters. The molecule has 1 aliphatic heterocycles. The van der Waals surface area contributed by atoms with Gasteiger partial charge in [0, 0.05) is 51.9 Å². The lowest BCUT2D eigenvalue weighted by atomic mass is 10.0. The van der Waals surface area contributed by atoms with Gasteiger partial charge in [0.1, 0.15) is 6.04 Å². The smallest absolute Gasteiger partial charge is 0.354 e. The van der Waals surface area contributed by atoms with E-state index in [0.717, 1.165) is 11.5 Å². The maximum absolute atomic E-state index is 13.8. The van der Waals surface area contributed by atoms with E-state index >= 15 is 0 Å². The van der Waals surface area contributed by atoms with Crippen molar-refractivity contribution in [2.45, 2.75) is 64.6 Å². The van der Waals surface area contributed by atoms with E-state index < -0.39 is 29.5 Å². The second-order valence-electron chi connectivity index (χ2n) is 11.1. The van der Waals surface area contributed by atoms with Crippen LogP contribution >= 0.6 is 0 Å². The molecule has 1 heterocycles. The van der Waals surface area contributed by atoms with Crippen molar-refractivity contribution in [3.63, 3.8) is 0 Å². The number of alkyl halides is 6. The van der Waals surface area contributed by atoms with Crippen LogP contribution in [0.3, 0.4) is 0 Å². The van der Waals surface area contributed by atoms with Crippen molar-refractivity contribution >= 4 is 11.9 Å². The minimum absolute atomic E-state index is 0.0513. The van der Waals surface area contributed by atoms with Crippen molar-refractivity contribution in [3.05, 3.63) is 70.8 Å². The number of rotatable bonds is 8. The van der Waals surface area contributed by atoms with Gasteiger partial charge in [-0.05, 0) is 63.4 Å². The number of carbonyl (C=O) groups excluding carboxylic acids is 1. The standard InChI is InChI=1S/C30H39F6N5O/c1-20(2)37-28(38-21(3)4)41-15-13-40(14-16-41)26(23-9-7-6-8-10-23)27(42)39(5)12-11-22-17-24(29(31,32)33)19-25(18-22)30(34,35)36/h6-10,17-21,26H,11-16H2,1-5H3,(H,37,38). The van der Waals surface area contributed by atoms with Crippen molar-refractivity contribution in [3.8, 4) is 0 Å². The van der Waals surface area contributed by atoms with E-state index in [1.165, 1.54) is 11.9 Å². The number of halogens is 6. The first-order valence-corrected chi connectivity index (χ1v) is 14.0. The van der Waals surface area contributed by atoms with Gasteiger partial charge in [0.2, 0.25) is 5.91 Å². The SMILES string of the molecule is CC(C)N=C(NC(C)C)N1CCN(C(C(=O)N(C)CCc2cc(C(F)(F)F)cc(C(F)(F)F)c2)c2ccccc2)CC1. The van der Waals surface area contributed by atoms with E-state index in [2.05, 4.69) is 15.1 Å². The summed E-state index contributed by atoms with van der Waals surface area (Å²) < 4.78 is 79.9. The molecular weight excluding hydrogens is 560 g/mol. The number of nitrogens with one attached hydrogen (secondary N) is 1. The van der Waals surface area contributed by atoms with Gasteiger partial charge < -0.3 is 15.1 Å². The Morgan fingerprint density at radius 3 is 1.93 bits per heavy atom. The highest BCUT2D eigenvalue weighted by Gasteiger charge is 2.37. The van der Waals surface area contributed by atoms with Gasteiger partial charge in [0.25, 0.3) is 0 Å². The van der Waals surface area contributed by atoms with E-state index in [1.807, 2.05) is 58.0 Å². The first-order chi connectivity index (χ1) is 19.6. The van der Waals surface area contributed by atoms with Crippen molar-refractivity contribution in [1.82, 2.24) is 20.0 Å². The number of nitrogens with zero attached hydrogens (tertiary/aromatic N) is 4. The van der Waals surface area contributed by atoms with Crippen LogP contribution in [0.4, 0.5) is 26.3 Å². The summed E-state index contributed by atoms with van der Waals surface area (Å²) in [6.45, 7) is 10.4. The van der Waals surface area contributed by atoms with E-state index in [9.17, 15) is 31.1 Å². The summed E-state index contributed by atoms with van der Waals surface area (Å²) in [5, 5.41) is 3.40. The number of benzene rings is 2. The van der Waals surface area contributed by atoms with Crippen molar-refractivity contribution < 1.29 is 31.1 Å². The molecular formula is C30H39F6N5O. The predicted octanol–water partition coefficient (Wildman–Crippen LogP) is 5.85. The number of aliphatic imine (C=N–C) groups is 1. The summed E-state index contributed by atoms with van der Waals surface area (Å²) in [5.74, 6) is 0.521. The average Bonchev–Trinajstić information content (AvgIpc) is 2.91. The number of carbonyl (C=O) groups is 1. The van der Waals surface area contributed by atoms with Crippen molar-refractivity contribution in [2.24, 2.45) is 4.99 Å². The summed E-state index contributed by atoms with van der Waals surface area (Å²) in [6.07, 6.45) is -10.0. The van der Waals surface area contributed by atoms with Gasteiger partial charge in [-0.1, -0.05) is 30.3 Å². The Kier molecular flexibility index (Phi) is 10.9. The molecule has 1 atom stereocenters. The molecule has 232 valence electrons. The fourth-order valence-electron chi connectivity index (χ4n) is 4.83. The number of piperazine rings is 1. The zero-order chi connectivity index (χ0) is 31.2. The van der Waals surface area contributed by atoms with Crippen LogP contribution in [0, 0.1) is 0 Å². The molecule has 1 aliphatic rings. The second kappa shape index (κ2) is 13.8. The largest absolute Gasteiger partial charge is 0.416 e. The molecule has 2 aromatic carbocycles. The lowest BCUT2D eigenvalue weighted by Gasteiger charge is -2.41. The zero-order valence-corrected chi connectivity index (χ0v) is 24.6. The fraction of sp³-hybridized carbons (Fsp3) is 0.533. The summed E-state index contributed by atoms with van der Waals surface area (Å²) >= 11 is 0. The van der Waals surface area contributed by atoms with Crippen molar-refractivity contribution in [1.29, 1.82) is 0 Å². The van der Waals surface area contributed by atoms with Crippen LogP contribution in [0.25, 0.3) is 0 Å². The molecule has 3 rings (SSSR count). The molecule has 1 saturated heterocycles. The first-order valence-electron chi connectivity index (χ1n) is 14.0. The van der Waals surface area contributed by atoms with E-state index in [-0.39, 0.29) is 42.6 Å². The Balaban J connectivity index is 1.78. The Bertz CT molecular complexity index is 1170. The number of hydrogen-bond donors (Lipinski definition) is 1. The molecule has 0 radical (unpaired) electrons. The van der Waals surface area contributed by atoms with Crippen LogP contribution in [-0.4, -0.2) is 78.4 Å². The third kappa shape index (κ3) is 9.11. The van der Waals surface area contributed by atoms with Gasteiger partial charge >= 0.3 is 12.4 Å². The molecule has 0 aromatic heterocycles. The number of likely N-dealkylation sites (N-methyl/N-ethyl adjacent to an activating group) is 1. The zero-order valence-electron chi connectivity index (χ0n) is 24.6. The molecule has 2 aromatic rings. The number of amides is 1. The lowest BCUT2D eigenvalue weighted by molar-refractivity contribution is -0.143. The van der Waals surface area contributed by atoms with Gasteiger partial charge in [-0.2, -0.15) is 26.3 Å². The molecule has 0 spiro atoms. The monoisotopic (exact) mass is 599 g/mol. The summed E-state index contributed by atoms with van der Waals surface area (Å²) in [7, 11) is 1.52. The molecule has 1 fully saturated rings. The minimum atomic E-state index is -4.93. The Labute approximate surface area is 243 Å². The number of guanidine groups is 1. The van der Waals surface area contributed by atoms with E-state index in [1.54, 1.807) is 0 Å². The summed E-state index contributed by atoms with van der Waals surface area (Å²) in [4.78, 5) is 24.1. The van der Waals surface area contributed by atoms with Crippen LogP contribution in [0.1, 0.15) is 56.0 Å². The average molecular weight is 600 g/mol. The lowest BCUT2D eigenvalue weighted by Crippen LogP contribution is -2.56. The van der Waals surface area contributed by atoms with Crippen LogP contribution in [0.2, 0.25) is 0 Å². The molecule has 0 saturated carbocycles. The van der Waals surface area contributed by atoms with Crippen molar-refractivity contribution in [2.75, 3.05) is 39.8 Å². The minimum Gasteiger partial charge on any atom is -0.354 e. The quantitative estimate of drug-likeness (QED) is 0.235. The number of hydrogen-bond acceptors (Lipinski definition) is 3. The second-order valence-corrected chi connectivity index (χ2v) is 11.1. The van der Waals surface area contributed by atoms with Gasteiger partial charge in [-0.25, -0.2) is 0 Å². The van der Waals surface area contributed by atoms with Gasteiger partial charge in [-0.3, -0.25) is 14.7 Å². The maximum Gasteiger partial charge on any atom is 0.416 e.